The molecule has 2 fully saturated rings. The molecule has 2 N–H and O–H groups in total. The zero-order valence-electron chi connectivity index (χ0n) is 15.8. The maximum absolute atomic E-state index is 12.6. The fourth-order valence-corrected chi connectivity index (χ4v) is 3.90. The Morgan fingerprint density at radius 2 is 1.73 bits per heavy atom. The van der Waals surface area contributed by atoms with E-state index in [-0.39, 0.29) is 29.8 Å². The summed E-state index contributed by atoms with van der Waals surface area (Å²) in [4.78, 5) is 24.9. The number of ether oxygens (including phenoxy) is 1. The van der Waals surface area contributed by atoms with Crippen LogP contribution in [0.5, 0.6) is 0 Å². The van der Waals surface area contributed by atoms with Gasteiger partial charge in [0.1, 0.15) is 0 Å². The molecule has 2 amide bonds. The summed E-state index contributed by atoms with van der Waals surface area (Å²) in [6.45, 7) is 5.50. The van der Waals surface area contributed by atoms with Crippen LogP contribution in [0, 0.1) is 25.7 Å². The van der Waals surface area contributed by atoms with Crippen molar-refractivity contribution >= 4 is 17.5 Å². The molecule has 1 aromatic carbocycles. The van der Waals surface area contributed by atoms with Gasteiger partial charge in [0.05, 0.1) is 6.10 Å². The Morgan fingerprint density at radius 3 is 2.38 bits per heavy atom. The molecule has 1 aliphatic carbocycles. The lowest BCUT2D eigenvalue weighted by molar-refractivity contribution is -0.128. The van der Waals surface area contributed by atoms with E-state index >= 15 is 0 Å². The molecule has 26 heavy (non-hydrogen) atoms. The highest BCUT2D eigenvalue weighted by Gasteiger charge is 2.30. The van der Waals surface area contributed by atoms with Crippen LogP contribution in [0.4, 0.5) is 5.69 Å². The number of aryl methyl sites for hydroxylation is 1. The molecule has 5 nitrogen and oxygen atoms in total. The quantitative estimate of drug-likeness (QED) is 0.848. The zero-order valence-corrected chi connectivity index (χ0v) is 15.8. The molecule has 0 aromatic heterocycles. The third kappa shape index (κ3) is 4.64. The number of carbonyl (C=O) groups excluding carboxylic acids is 2. The molecule has 1 atom stereocenters. The number of carbonyl (C=O) groups is 2. The van der Waals surface area contributed by atoms with Crippen molar-refractivity contribution in [2.24, 2.45) is 11.8 Å². The number of hydrogen-bond acceptors (Lipinski definition) is 3. The minimum absolute atomic E-state index is 0.00266. The van der Waals surface area contributed by atoms with Crippen LogP contribution in [0.25, 0.3) is 0 Å². The number of amides is 2. The topological polar surface area (TPSA) is 67.4 Å². The Bertz CT molecular complexity index is 645. The average Bonchev–Trinajstić information content (AvgIpc) is 3.17. The van der Waals surface area contributed by atoms with E-state index in [2.05, 4.69) is 10.6 Å². The smallest absolute Gasteiger partial charge is 0.227 e. The van der Waals surface area contributed by atoms with E-state index in [4.69, 9.17) is 4.74 Å². The van der Waals surface area contributed by atoms with Crippen molar-refractivity contribution in [3.05, 3.63) is 29.3 Å². The maximum atomic E-state index is 12.6. The predicted molar refractivity (Wildman–Crippen MR) is 102 cm³/mol. The van der Waals surface area contributed by atoms with Crippen molar-refractivity contribution in [2.45, 2.75) is 58.5 Å². The summed E-state index contributed by atoms with van der Waals surface area (Å²) in [6, 6.07) is 5.96. The van der Waals surface area contributed by atoms with Gasteiger partial charge < -0.3 is 15.4 Å². The molecule has 142 valence electrons. The van der Waals surface area contributed by atoms with Gasteiger partial charge in [-0.1, -0.05) is 12.1 Å². The second-order valence-electron chi connectivity index (χ2n) is 7.67. The fraction of sp³-hybridized carbons (Fsp3) is 0.619. The van der Waals surface area contributed by atoms with Gasteiger partial charge in [-0.25, -0.2) is 0 Å². The monoisotopic (exact) mass is 358 g/mol. The van der Waals surface area contributed by atoms with Crippen LogP contribution in [-0.4, -0.2) is 31.1 Å². The molecule has 2 aliphatic rings. The van der Waals surface area contributed by atoms with Crippen molar-refractivity contribution in [3.8, 4) is 0 Å². The van der Waals surface area contributed by atoms with Crippen LogP contribution in [0.3, 0.4) is 0 Å². The van der Waals surface area contributed by atoms with Crippen molar-refractivity contribution in [1.82, 2.24) is 5.32 Å². The highest BCUT2D eigenvalue weighted by molar-refractivity contribution is 5.93. The number of hydrogen-bond donors (Lipinski definition) is 2. The Morgan fingerprint density at radius 1 is 1.04 bits per heavy atom. The first kappa shape index (κ1) is 18.9. The summed E-state index contributed by atoms with van der Waals surface area (Å²) < 4.78 is 5.55. The fourth-order valence-electron chi connectivity index (χ4n) is 3.90. The lowest BCUT2D eigenvalue weighted by atomic mass is 9.81. The molecule has 1 heterocycles. The van der Waals surface area contributed by atoms with Crippen LogP contribution in [-0.2, 0) is 14.3 Å². The SMILES string of the molecule is Cc1cccc(NC(=O)C2CCC(C(=O)NCC3CCCO3)CC2)c1C. The third-order valence-electron chi connectivity index (χ3n) is 5.86. The van der Waals surface area contributed by atoms with Gasteiger partial charge in [0.25, 0.3) is 0 Å². The first-order valence-electron chi connectivity index (χ1n) is 9.81. The first-order chi connectivity index (χ1) is 12.5. The van der Waals surface area contributed by atoms with Gasteiger partial charge in [0.15, 0.2) is 0 Å². The standard InChI is InChI=1S/C21H30N2O3/c1-14-5-3-7-19(15(14)2)23-21(25)17-10-8-16(9-11-17)20(24)22-13-18-6-4-12-26-18/h3,5,7,16-18H,4,6,8-13H2,1-2H3,(H,22,24)(H,23,25). The summed E-state index contributed by atoms with van der Waals surface area (Å²) in [5.41, 5.74) is 3.18. The molecule has 1 saturated carbocycles. The third-order valence-corrected chi connectivity index (χ3v) is 5.86. The van der Waals surface area contributed by atoms with Crippen molar-refractivity contribution in [3.63, 3.8) is 0 Å². The van der Waals surface area contributed by atoms with E-state index in [0.717, 1.165) is 56.4 Å². The number of nitrogens with one attached hydrogen (secondary N) is 2. The molecule has 1 unspecified atom stereocenters. The molecule has 1 aromatic rings. The van der Waals surface area contributed by atoms with Gasteiger partial charge in [0.2, 0.25) is 11.8 Å². The van der Waals surface area contributed by atoms with Gasteiger partial charge in [-0.15, -0.1) is 0 Å². The molecular formula is C21H30N2O3. The molecule has 5 heteroatoms. The lowest BCUT2D eigenvalue weighted by Gasteiger charge is -2.27. The normalized spacial score (nSPS) is 25.7. The van der Waals surface area contributed by atoms with Gasteiger partial charge in [-0.05, 0) is 69.6 Å². The number of benzene rings is 1. The molecule has 1 aliphatic heterocycles. The molecule has 0 bridgehead atoms. The van der Waals surface area contributed by atoms with Crippen LogP contribution < -0.4 is 10.6 Å². The summed E-state index contributed by atoms with van der Waals surface area (Å²) in [5, 5.41) is 6.10. The van der Waals surface area contributed by atoms with Crippen LogP contribution >= 0.6 is 0 Å². The number of rotatable bonds is 5. The van der Waals surface area contributed by atoms with Gasteiger partial charge in [-0.2, -0.15) is 0 Å². The summed E-state index contributed by atoms with van der Waals surface area (Å²) in [6.07, 6.45) is 5.40. The molecule has 0 radical (unpaired) electrons. The Balaban J connectivity index is 1.44. The van der Waals surface area contributed by atoms with Crippen LogP contribution in [0.1, 0.15) is 49.7 Å². The Labute approximate surface area is 155 Å². The molecular weight excluding hydrogens is 328 g/mol. The van der Waals surface area contributed by atoms with E-state index in [0.29, 0.717) is 6.54 Å². The minimum Gasteiger partial charge on any atom is -0.376 e. The predicted octanol–water partition coefficient (Wildman–Crippen LogP) is 3.34. The highest BCUT2D eigenvalue weighted by atomic mass is 16.5. The molecule has 3 rings (SSSR count). The molecule has 0 spiro atoms. The summed E-state index contributed by atoms with van der Waals surface area (Å²) >= 11 is 0. The number of anilines is 1. The highest BCUT2D eigenvalue weighted by Crippen LogP contribution is 2.30. The van der Waals surface area contributed by atoms with Gasteiger partial charge >= 0.3 is 0 Å². The average molecular weight is 358 g/mol. The van der Waals surface area contributed by atoms with Crippen molar-refractivity contribution < 1.29 is 14.3 Å². The maximum Gasteiger partial charge on any atom is 0.227 e. The van der Waals surface area contributed by atoms with E-state index in [9.17, 15) is 9.59 Å². The lowest BCUT2D eigenvalue weighted by Crippen LogP contribution is -2.38. The summed E-state index contributed by atoms with van der Waals surface area (Å²) in [5.74, 6) is 0.226. The Hall–Kier alpha value is -1.88. The van der Waals surface area contributed by atoms with Crippen molar-refractivity contribution in [2.75, 3.05) is 18.5 Å². The zero-order chi connectivity index (χ0) is 18.5. The second-order valence-corrected chi connectivity index (χ2v) is 7.67. The van der Waals surface area contributed by atoms with Crippen LogP contribution in [0.2, 0.25) is 0 Å². The minimum atomic E-state index is -0.00266. The largest absolute Gasteiger partial charge is 0.376 e. The van der Waals surface area contributed by atoms with E-state index in [1.165, 1.54) is 5.56 Å². The van der Waals surface area contributed by atoms with Crippen LogP contribution in [0.15, 0.2) is 18.2 Å². The summed E-state index contributed by atoms with van der Waals surface area (Å²) in [7, 11) is 0. The van der Waals surface area contributed by atoms with E-state index in [1.54, 1.807) is 0 Å². The van der Waals surface area contributed by atoms with Gasteiger partial charge in [-0.3, -0.25) is 9.59 Å². The van der Waals surface area contributed by atoms with E-state index < -0.39 is 0 Å². The second kappa shape index (κ2) is 8.67. The van der Waals surface area contributed by atoms with E-state index in [1.807, 2.05) is 32.0 Å². The molecule has 1 saturated heterocycles. The first-order valence-corrected chi connectivity index (χ1v) is 9.81. The van der Waals surface area contributed by atoms with Gasteiger partial charge in [0, 0.05) is 30.7 Å². The van der Waals surface area contributed by atoms with Crippen molar-refractivity contribution in [1.29, 1.82) is 0 Å². The Kier molecular flexibility index (Phi) is 6.30.